The van der Waals surface area contributed by atoms with Crippen molar-refractivity contribution in [3.05, 3.63) is 51.1 Å². The topological polar surface area (TPSA) is 62.8 Å². The van der Waals surface area contributed by atoms with E-state index in [-0.39, 0.29) is 5.84 Å². The molecule has 0 unspecified atom stereocenters. The van der Waals surface area contributed by atoms with E-state index in [4.69, 9.17) is 45.9 Å². The van der Waals surface area contributed by atoms with Gasteiger partial charge in [0.25, 0.3) is 0 Å². The Bertz CT molecular complexity index is 646. The minimum atomic E-state index is -0.0941. The average Bonchev–Trinajstić information content (AvgIpc) is 2.36. The number of nitrogens with one attached hydrogen (secondary N) is 1. The van der Waals surface area contributed by atoms with E-state index in [2.05, 4.69) is 4.98 Å². The molecule has 2 aromatic rings. The Morgan fingerprint density at radius 1 is 1.16 bits per heavy atom. The lowest BCUT2D eigenvalue weighted by Crippen LogP contribution is -2.12. The van der Waals surface area contributed by atoms with E-state index in [1.54, 1.807) is 24.4 Å². The zero-order valence-corrected chi connectivity index (χ0v) is 12.5. The number of nitrogens with zero attached hydrogens (tertiary/aromatic N) is 1. The van der Waals surface area contributed by atoms with Crippen molar-refractivity contribution in [3.63, 3.8) is 0 Å². The molecule has 0 aliphatic carbocycles. The Labute approximate surface area is 129 Å². The first kappa shape index (κ1) is 14.5. The standard InChI is InChI=1S/C12H8Cl3N3S/c13-8-2-1-6(5-9(8)14)19-12-10(15)7(11(16)17)3-4-18-12/h1-5H,(H3,16,17). The molecule has 3 N–H and O–H groups in total. The van der Waals surface area contributed by atoms with Gasteiger partial charge in [0.05, 0.1) is 15.1 Å². The molecule has 1 heterocycles. The van der Waals surface area contributed by atoms with E-state index >= 15 is 0 Å². The molecule has 1 aromatic carbocycles. The van der Waals surface area contributed by atoms with Gasteiger partial charge in [0.1, 0.15) is 10.9 Å². The fourth-order valence-corrected chi connectivity index (χ4v) is 2.90. The molecule has 98 valence electrons. The molecule has 2 rings (SSSR count). The predicted molar refractivity (Wildman–Crippen MR) is 80.8 cm³/mol. The lowest BCUT2D eigenvalue weighted by molar-refractivity contribution is 1.12. The molecule has 0 fully saturated rings. The summed E-state index contributed by atoms with van der Waals surface area (Å²) in [5, 5.41) is 9.30. The fraction of sp³-hybridized carbons (Fsp3) is 0. The van der Waals surface area contributed by atoms with Gasteiger partial charge in [-0.25, -0.2) is 4.98 Å². The van der Waals surface area contributed by atoms with Crippen molar-refractivity contribution in [1.29, 1.82) is 5.41 Å². The maximum absolute atomic E-state index is 7.43. The zero-order chi connectivity index (χ0) is 14.0. The third-order valence-electron chi connectivity index (χ3n) is 2.25. The molecule has 0 amide bonds. The second kappa shape index (κ2) is 6.01. The summed E-state index contributed by atoms with van der Waals surface area (Å²) in [5.74, 6) is -0.0941. The maximum atomic E-state index is 7.43. The van der Waals surface area contributed by atoms with Crippen molar-refractivity contribution in [2.75, 3.05) is 0 Å². The van der Waals surface area contributed by atoms with Crippen molar-refractivity contribution in [1.82, 2.24) is 4.98 Å². The summed E-state index contributed by atoms with van der Waals surface area (Å²) in [4.78, 5) is 5.02. The van der Waals surface area contributed by atoms with Gasteiger partial charge in [-0.05, 0) is 24.3 Å². The number of hydrogen-bond acceptors (Lipinski definition) is 3. The first-order valence-electron chi connectivity index (χ1n) is 5.11. The number of rotatable bonds is 3. The molecular weight excluding hydrogens is 325 g/mol. The number of nitrogens with two attached hydrogens (primary N) is 1. The van der Waals surface area contributed by atoms with Crippen LogP contribution in [0.2, 0.25) is 15.1 Å². The molecule has 0 spiro atoms. The number of nitrogen functional groups attached to an aromatic ring is 1. The summed E-state index contributed by atoms with van der Waals surface area (Å²) >= 11 is 19.3. The highest BCUT2D eigenvalue weighted by Crippen LogP contribution is 2.35. The number of halogens is 3. The first-order valence-corrected chi connectivity index (χ1v) is 7.06. The van der Waals surface area contributed by atoms with E-state index in [1.165, 1.54) is 11.8 Å². The molecule has 0 atom stereocenters. The van der Waals surface area contributed by atoms with Crippen LogP contribution in [0.3, 0.4) is 0 Å². The van der Waals surface area contributed by atoms with Crippen LogP contribution in [-0.4, -0.2) is 10.8 Å². The molecule has 0 aliphatic rings. The summed E-state index contributed by atoms with van der Waals surface area (Å²) in [6.07, 6.45) is 1.56. The van der Waals surface area contributed by atoms with Crippen molar-refractivity contribution >= 4 is 52.4 Å². The summed E-state index contributed by atoms with van der Waals surface area (Å²) in [7, 11) is 0. The van der Waals surface area contributed by atoms with E-state index in [9.17, 15) is 0 Å². The Morgan fingerprint density at radius 3 is 2.53 bits per heavy atom. The largest absolute Gasteiger partial charge is 0.384 e. The zero-order valence-electron chi connectivity index (χ0n) is 9.45. The maximum Gasteiger partial charge on any atom is 0.124 e. The number of benzene rings is 1. The average molecular weight is 333 g/mol. The number of hydrogen-bond donors (Lipinski definition) is 2. The predicted octanol–water partition coefficient (Wildman–Crippen LogP) is 4.48. The van der Waals surface area contributed by atoms with Crippen molar-refractivity contribution in [2.45, 2.75) is 9.92 Å². The monoisotopic (exact) mass is 331 g/mol. The van der Waals surface area contributed by atoms with Crippen LogP contribution in [0, 0.1) is 5.41 Å². The highest BCUT2D eigenvalue weighted by molar-refractivity contribution is 7.99. The van der Waals surface area contributed by atoms with Crippen LogP contribution >= 0.6 is 46.6 Å². The SMILES string of the molecule is N=C(N)c1ccnc(Sc2ccc(Cl)c(Cl)c2)c1Cl. The van der Waals surface area contributed by atoms with Crippen molar-refractivity contribution in [2.24, 2.45) is 5.73 Å². The van der Waals surface area contributed by atoms with Gasteiger partial charge in [0, 0.05) is 16.7 Å². The summed E-state index contributed by atoms with van der Waals surface area (Å²) < 4.78 is 0. The summed E-state index contributed by atoms with van der Waals surface area (Å²) in [5.41, 5.74) is 5.90. The van der Waals surface area contributed by atoms with Gasteiger partial charge >= 0.3 is 0 Å². The molecule has 0 saturated heterocycles. The van der Waals surface area contributed by atoms with Crippen LogP contribution in [0.25, 0.3) is 0 Å². The molecule has 1 aromatic heterocycles. The highest BCUT2D eigenvalue weighted by atomic mass is 35.5. The molecule has 7 heteroatoms. The number of aromatic nitrogens is 1. The van der Waals surface area contributed by atoms with E-state index in [0.29, 0.717) is 25.7 Å². The lowest BCUT2D eigenvalue weighted by Gasteiger charge is -2.07. The minimum absolute atomic E-state index is 0.0941. The molecule has 0 saturated carbocycles. The van der Waals surface area contributed by atoms with Gasteiger partial charge in [0.15, 0.2) is 0 Å². The lowest BCUT2D eigenvalue weighted by atomic mass is 10.2. The van der Waals surface area contributed by atoms with Crippen LogP contribution in [0.15, 0.2) is 40.4 Å². The van der Waals surface area contributed by atoms with Gasteiger partial charge in [0.2, 0.25) is 0 Å². The van der Waals surface area contributed by atoms with Gasteiger partial charge in [-0.3, -0.25) is 5.41 Å². The van der Waals surface area contributed by atoms with E-state index < -0.39 is 0 Å². The molecule has 0 radical (unpaired) electrons. The normalized spacial score (nSPS) is 10.5. The molecule has 0 bridgehead atoms. The van der Waals surface area contributed by atoms with E-state index in [1.807, 2.05) is 6.07 Å². The van der Waals surface area contributed by atoms with Crippen LogP contribution in [0.5, 0.6) is 0 Å². The van der Waals surface area contributed by atoms with E-state index in [0.717, 1.165) is 4.90 Å². The molecule has 3 nitrogen and oxygen atoms in total. The number of pyridine rings is 1. The Balaban J connectivity index is 2.35. The summed E-state index contributed by atoms with van der Waals surface area (Å²) in [6.45, 7) is 0. The Morgan fingerprint density at radius 2 is 1.89 bits per heavy atom. The van der Waals surface area contributed by atoms with Gasteiger partial charge < -0.3 is 5.73 Å². The second-order valence-corrected chi connectivity index (χ2v) is 5.82. The third kappa shape index (κ3) is 3.34. The van der Waals surface area contributed by atoms with Crippen molar-refractivity contribution < 1.29 is 0 Å². The first-order chi connectivity index (χ1) is 8.99. The third-order valence-corrected chi connectivity index (χ3v) is 4.48. The smallest absolute Gasteiger partial charge is 0.124 e. The fourth-order valence-electron chi connectivity index (χ4n) is 1.36. The van der Waals surface area contributed by atoms with Gasteiger partial charge in [-0.2, -0.15) is 0 Å². The molecule has 0 aliphatic heterocycles. The quantitative estimate of drug-likeness (QED) is 0.643. The Hall–Kier alpha value is -0.940. The van der Waals surface area contributed by atoms with Gasteiger partial charge in [-0.15, -0.1) is 0 Å². The number of amidine groups is 1. The van der Waals surface area contributed by atoms with Gasteiger partial charge in [-0.1, -0.05) is 46.6 Å². The van der Waals surface area contributed by atoms with Crippen molar-refractivity contribution in [3.8, 4) is 0 Å². The highest BCUT2D eigenvalue weighted by Gasteiger charge is 2.11. The van der Waals surface area contributed by atoms with Crippen LogP contribution < -0.4 is 5.73 Å². The molecular formula is C12H8Cl3N3S. The molecule has 19 heavy (non-hydrogen) atoms. The summed E-state index contributed by atoms with van der Waals surface area (Å²) in [6, 6.07) is 6.85. The van der Waals surface area contributed by atoms with Crippen LogP contribution in [0.4, 0.5) is 0 Å². The van der Waals surface area contributed by atoms with Crippen LogP contribution in [0.1, 0.15) is 5.56 Å². The van der Waals surface area contributed by atoms with Crippen LogP contribution in [-0.2, 0) is 0 Å². The minimum Gasteiger partial charge on any atom is -0.384 e. The Kier molecular flexibility index (Phi) is 4.58. The second-order valence-electron chi connectivity index (χ2n) is 3.57.